The van der Waals surface area contributed by atoms with E-state index in [0.717, 1.165) is 5.56 Å². The largest absolute Gasteiger partial charge is 0.494 e. The van der Waals surface area contributed by atoms with Crippen molar-refractivity contribution in [2.75, 3.05) is 17.3 Å². The first-order valence-corrected chi connectivity index (χ1v) is 10.2. The van der Waals surface area contributed by atoms with Crippen LogP contribution >= 0.6 is 0 Å². The van der Waals surface area contributed by atoms with Crippen molar-refractivity contribution in [3.05, 3.63) is 71.6 Å². The van der Waals surface area contributed by atoms with Crippen LogP contribution in [-0.4, -0.2) is 32.7 Å². The molecule has 0 N–H and O–H groups in total. The molecule has 1 amide bonds. The highest BCUT2D eigenvalue weighted by atomic mass is 32.2. The predicted octanol–water partition coefficient (Wildman–Crippen LogP) is 2.97. The first-order valence-electron chi connectivity index (χ1n) is 8.48. The molecule has 1 atom stereocenters. The van der Waals surface area contributed by atoms with Gasteiger partial charge in [0, 0.05) is 11.1 Å². The molecule has 136 valence electrons. The maximum Gasteiger partial charge on any atom is 0.231 e. The minimum Gasteiger partial charge on any atom is -0.494 e. The van der Waals surface area contributed by atoms with Gasteiger partial charge in [-0.05, 0) is 42.8 Å². The lowest BCUT2D eigenvalue weighted by Gasteiger charge is -2.28. The van der Waals surface area contributed by atoms with Crippen LogP contribution in [0.2, 0.25) is 0 Å². The molecule has 2 aromatic rings. The molecule has 1 aliphatic rings. The van der Waals surface area contributed by atoms with Crippen molar-refractivity contribution in [3.8, 4) is 5.75 Å². The molecule has 2 aromatic carbocycles. The van der Waals surface area contributed by atoms with E-state index >= 15 is 0 Å². The van der Waals surface area contributed by atoms with Gasteiger partial charge in [0.05, 0.1) is 24.8 Å². The van der Waals surface area contributed by atoms with E-state index in [1.807, 2.05) is 37.3 Å². The first-order chi connectivity index (χ1) is 12.5. The van der Waals surface area contributed by atoms with Crippen molar-refractivity contribution in [2.45, 2.75) is 19.4 Å². The second-order valence-corrected chi connectivity index (χ2v) is 8.01. The molecule has 6 heteroatoms. The molecule has 0 saturated heterocycles. The fourth-order valence-electron chi connectivity index (χ4n) is 2.97. The lowest BCUT2D eigenvalue weighted by atomic mass is 10.1. The monoisotopic (exact) mass is 371 g/mol. The quantitative estimate of drug-likeness (QED) is 0.783. The summed E-state index contributed by atoms with van der Waals surface area (Å²) in [5.74, 6) is 0.467. The van der Waals surface area contributed by atoms with Crippen molar-refractivity contribution in [1.29, 1.82) is 0 Å². The van der Waals surface area contributed by atoms with Crippen LogP contribution in [0.3, 0.4) is 0 Å². The van der Waals surface area contributed by atoms with E-state index in [4.69, 9.17) is 4.74 Å². The number of benzene rings is 2. The summed E-state index contributed by atoms with van der Waals surface area (Å²) in [6.07, 6.45) is 1.78. The van der Waals surface area contributed by atoms with Gasteiger partial charge in [-0.2, -0.15) is 0 Å². The molecule has 0 bridgehead atoms. The van der Waals surface area contributed by atoms with Crippen LogP contribution in [0.4, 0.5) is 5.69 Å². The number of nitrogens with zero attached hydrogens (tertiary/aromatic N) is 1. The van der Waals surface area contributed by atoms with Crippen LogP contribution < -0.4 is 9.64 Å². The molecule has 0 aliphatic carbocycles. The Hall–Kier alpha value is -2.60. The Balaban J connectivity index is 1.89. The van der Waals surface area contributed by atoms with E-state index < -0.39 is 15.9 Å². The van der Waals surface area contributed by atoms with Crippen LogP contribution in [0, 0.1) is 0 Å². The Labute approximate surface area is 153 Å². The molecule has 0 aromatic heterocycles. The summed E-state index contributed by atoms with van der Waals surface area (Å²) in [6.45, 7) is 2.46. The summed E-state index contributed by atoms with van der Waals surface area (Å²) in [6, 6.07) is 16.1. The summed E-state index contributed by atoms with van der Waals surface area (Å²) in [5.41, 5.74) is 1.54. The van der Waals surface area contributed by atoms with Gasteiger partial charge < -0.3 is 9.64 Å². The van der Waals surface area contributed by atoms with Crippen molar-refractivity contribution in [2.24, 2.45) is 0 Å². The van der Waals surface area contributed by atoms with Gasteiger partial charge in [-0.1, -0.05) is 30.3 Å². The normalized spacial score (nSPS) is 17.8. The number of hydrogen-bond donors (Lipinski definition) is 0. The highest BCUT2D eigenvalue weighted by molar-refractivity contribution is 7.94. The average molecular weight is 371 g/mol. The first kappa shape index (κ1) is 18.2. The highest BCUT2D eigenvalue weighted by Crippen LogP contribution is 2.26. The Morgan fingerprint density at radius 1 is 1.12 bits per heavy atom. The lowest BCUT2D eigenvalue weighted by Crippen LogP contribution is -2.42. The highest BCUT2D eigenvalue weighted by Gasteiger charge is 2.31. The molecule has 1 aliphatic heterocycles. The summed E-state index contributed by atoms with van der Waals surface area (Å²) >= 11 is 0. The second kappa shape index (κ2) is 7.74. The number of ether oxygens (including phenoxy) is 1. The molecular formula is C20H21NO4S. The molecule has 3 rings (SSSR count). The number of amides is 1. The van der Waals surface area contributed by atoms with Crippen LogP contribution in [-0.2, 0) is 21.1 Å². The molecule has 0 spiro atoms. The standard InChI is InChI=1S/C20H21NO4S/c1-2-25-19-10-8-17(9-11-19)21(18-12-13-26(23,24)15-18)20(22)14-16-6-4-3-5-7-16/h3-13,18H,2,14-15H2,1H3/t18-/m1/s1. The molecule has 0 radical (unpaired) electrons. The maximum absolute atomic E-state index is 13.0. The van der Waals surface area contributed by atoms with Crippen molar-refractivity contribution in [1.82, 2.24) is 0 Å². The minimum atomic E-state index is -3.27. The van der Waals surface area contributed by atoms with Crippen molar-refractivity contribution >= 4 is 21.4 Å². The van der Waals surface area contributed by atoms with Crippen LogP contribution in [0.25, 0.3) is 0 Å². The van der Waals surface area contributed by atoms with E-state index in [0.29, 0.717) is 18.0 Å². The third-order valence-electron chi connectivity index (χ3n) is 4.14. The summed E-state index contributed by atoms with van der Waals surface area (Å²) in [4.78, 5) is 14.5. The van der Waals surface area contributed by atoms with Crippen molar-refractivity contribution in [3.63, 3.8) is 0 Å². The van der Waals surface area contributed by atoms with Gasteiger partial charge in [0.2, 0.25) is 5.91 Å². The lowest BCUT2D eigenvalue weighted by molar-refractivity contribution is -0.118. The number of carbonyl (C=O) groups excluding carboxylic acids is 1. The SMILES string of the molecule is CCOc1ccc(N(C(=O)Cc2ccccc2)[C@@H]2C=CS(=O)(=O)C2)cc1. The van der Waals surface area contributed by atoms with Gasteiger partial charge in [0.1, 0.15) is 5.75 Å². The van der Waals surface area contributed by atoms with Gasteiger partial charge in [-0.3, -0.25) is 4.79 Å². The van der Waals surface area contributed by atoms with Crippen molar-refractivity contribution < 1.29 is 17.9 Å². The van der Waals surface area contributed by atoms with Crippen LogP contribution in [0.1, 0.15) is 12.5 Å². The number of rotatable bonds is 6. The van der Waals surface area contributed by atoms with Crippen LogP contribution in [0.5, 0.6) is 5.75 Å². The summed E-state index contributed by atoms with van der Waals surface area (Å²) in [5, 5.41) is 1.19. The smallest absolute Gasteiger partial charge is 0.231 e. The molecular weight excluding hydrogens is 350 g/mol. The van der Waals surface area contributed by atoms with E-state index in [-0.39, 0.29) is 18.1 Å². The van der Waals surface area contributed by atoms with E-state index in [1.54, 1.807) is 35.2 Å². The molecule has 26 heavy (non-hydrogen) atoms. The molecule has 1 heterocycles. The Bertz CT molecular complexity index is 889. The summed E-state index contributed by atoms with van der Waals surface area (Å²) in [7, 11) is -3.27. The number of anilines is 1. The Morgan fingerprint density at radius 3 is 2.38 bits per heavy atom. The zero-order valence-electron chi connectivity index (χ0n) is 14.5. The minimum absolute atomic E-state index is 0.0965. The molecule has 5 nitrogen and oxygen atoms in total. The van der Waals surface area contributed by atoms with Gasteiger partial charge in [-0.15, -0.1) is 0 Å². The van der Waals surface area contributed by atoms with E-state index in [2.05, 4.69) is 0 Å². The zero-order chi connectivity index (χ0) is 18.6. The van der Waals surface area contributed by atoms with E-state index in [9.17, 15) is 13.2 Å². The van der Waals surface area contributed by atoms with Gasteiger partial charge in [0.25, 0.3) is 0 Å². The van der Waals surface area contributed by atoms with E-state index in [1.165, 1.54) is 5.41 Å². The number of carbonyl (C=O) groups is 1. The second-order valence-electron chi connectivity index (χ2n) is 6.08. The average Bonchev–Trinajstić information content (AvgIpc) is 2.97. The molecule has 0 saturated carbocycles. The summed E-state index contributed by atoms with van der Waals surface area (Å²) < 4.78 is 29.1. The topological polar surface area (TPSA) is 63.7 Å². The van der Waals surface area contributed by atoms with Crippen LogP contribution in [0.15, 0.2) is 66.1 Å². The molecule has 0 unspecified atom stereocenters. The fraction of sp³-hybridized carbons (Fsp3) is 0.250. The Kier molecular flexibility index (Phi) is 5.42. The fourth-order valence-corrected chi connectivity index (χ4v) is 4.23. The Morgan fingerprint density at radius 2 is 1.81 bits per heavy atom. The van der Waals surface area contributed by atoms with Gasteiger partial charge >= 0.3 is 0 Å². The third-order valence-corrected chi connectivity index (χ3v) is 5.51. The number of sulfone groups is 1. The number of hydrogen-bond acceptors (Lipinski definition) is 4. The predicted molar refractivity (Wildman–Crippen MR) is 102 cm³/mol. The van der Waals surface area contributed by atoms with Gasteiger partial charge in [0.15, 0.2) is 9.84 Å². The molecule has 0 fully saturated rings. The third kappa shape index (κ3) is 4.32. The zero-order valence-corrected chi connectivity index (χ0v) is 15.4. The maximum atomic E-state index is 13.0. The van der Waals surface area contributed by atoms with Gasteiger partial charge in [-0.25, -0.2) is 8.42 Å².